The molecule has 0 aliphatic carbocycles. The van der Waals surface area contributed by atoms with Crippen LogP contribution in [0.4, 0.5) is 5.69 Å². The Labute approximate surface area is 126 Å². The van der Waals surface area contributed by atoms with Crippen molar-refractivity contribution in [1.29, 1.82) is 0 Å². The van der Waals surface area contributed by atoms with Gasteiger partial charge in [-0.15, -0.1) is 11.3 Å². The topological polar surface area (TPSA) is 97.1 Å². The number of aryl methyl sites for hydroxylation is 1. The number of hydrogen-bond acceptors (Lipinski definition) is 5. The van der Waals surface area contributed by atoms with E-state index in [1.54, 1.807) is 6.92 Å². The molecule has 4 N–H and O–H groups in total. The summed E-state index contributed by atoms with van der Waals surface area (Å²) in [6, 6.07) is 3.09. The first-order valence-electron chi connectivity index (χ1n) is 6.68. The summed E-state index contributed by atoms with van der Waals surface area (Å²) in [6.07, 6.45) is 0. The summed E-state index contributed by atoms with van der Waals surface area (Å²) in [5, 5.41) is 6.07. The van der Waals surface area contributed by atoms with Crippen LogP contribution in [0.25, 0.3) is 10.2 Å². The van der Waals surface area contributed by atoms with E-state index in [9.17, 15) is 9.59 Å². The van der Waals surface area contributed by atoms with Crippen molar-refractivity contribution in [3.8, 4) is 0 Å². The summed E-state index contributed by atoms with van der Waals surface area (Å²) in [4.78, 5) is 29.4. The quantitative estimate of drug-likeness (QED) is 0.796. The molecule has 0 aliphatic heterocycles. The highest BCUT2D eigenvalue weighted by molar-refractivity contribution is 7.21. The van der Waals surface area contributed by atoms with Crippen molar-refractivity contribution >= 4 is 39.1 Å². The van der Waals surface area contributed by atoms with Crippen molar-refractivity contribution in [2.75, 3.05) is 12.3 Å². The molecule has 2 rings (SSSR count). The van der Waals surface area contributed by atoms with E-state index in [1.165, 1.54) is 11.3 Å². The third-order valence-corrected chi connectivity index (χ3v) is 4.15. The fourth-order valence-corrected chi connectivity index (χ4v) is 2.96. The Morgan fingerprint density at radius 2 is 2.14 bits per heavy atom. The molecule has 7 heteroatoms. The molecule has 2 aromatic rings. The van der Waals surface area contributed by atoms with Gasteiger partial charge in [0.15, 0.2) is 0 Å². The van der Waals surface area contributed by atoms with Crippen LogP contribution in [-0.2, 0) is 4.79 Å². The number of carbonyl (C=O) groups is 2. The third kappa shape index (κ3) is 3.13. The van der Waals surface area contributed by atoms with E-state index in [2.05, 4.69) is 15.6 Å². The first kappa shape index (κ1) is 15.2. The Bertz CT molecular complexity index is 696. The average molecular weight is 306 g/mol. The van der Waals surface area contributed by atoms with Gasteiger partial charge in [0.2, 0.25) is 5.91 Å². The van der Waals surface area contributed by atoms with Crippen molar-refractivity contribution in [3.05, 3.63) is 22.7 Å². The molecule has 0 spiro atoms. The number of nitrogens with one attached hydrogen (secondary N) is 2. The van der Waals surface area contributed by atoms with Gasteiger partial charge in [-0.1, -0.05) is 0 Å². The lowest BCUT2D eigenvalue weighted by molar-refractivity contribution is -0.122. The number of fused-ring (bicyclic) bond motifs is 1. The van der Waals surface area contributed by atoms with E-state index >= 15 is 0 Å². The van der Waals surface area contributed by atoms with Gasteiger partial charge in [-0.3, -0.25) is 9.59 Å². The minimum absolute atomic E-state index is 0.223. The fraction of sp³-hybridized carbons (Fsp3) is 0.357. The molecule has 0 aromatic carbocycles. The predicted octanol–water partition coefficient (Wildman–Crippen LogP) is 1.44. The molecule has 0 bridgehead atoms. The van der Waals surface area contributed by atoms with Crippen LogP contribution in [0.2, 0.25) is 0 Å². The Morgan fingerprint density at radius 3 is 2.81 bits per heavy atom. The van der Waals surface area contributed by atoms with Crippen molar-refractivity contribution < 1.29 is 9.59 Å². The summed E-state index contributed by atoms with van der Waals surface area (Å²) in [7, 11) is 0. The standard InChI is InChI=1S/C14H18N4O2S/c1-4-16-12(19)8(3)18-13(20)11-10(15)9-6-5-7(2)17-14(9)21-11/h5-6,8H,4,15H2,1-3H3,(H,16,19)(H,18,20). The van der Waals surface area contributed by atoms with E-state index in [0.29, 0.717) is 17.1 Å². The van der Waals surface area contributed by atoms with Gasteiger partial charge in [0, 0.05) is 17.6 Å². The van der Waals surface area contributed by atoms with E-state index < -0.39 is 6.04 Å². The highest BCUT2D eigenvalue weighted by atomic mass is 32.1. The highest BCUT2D eigenvalue weighted by Crippen LogP contribution is 2.32. The number of hydrogen-bond donors (Lipinski definition) is 3. The van der Waals surface area contributed by atoms with Gasteiger partial charge in [0.05, 0.1) is 5.69 Å². The van der Waals surface area contributed by atoms with Gasteiger partial charge in [-0.2, -0.15) is 0 Å². The molecule has 0 fully saturated rings. The van der Waals surface area contributed by atoms with E-state index in [-0.39, 0.29) is 11.8 Å². The number of rotatable bonds is 4. The van der Waals surface area contributed by atoms with Gasteiger partial charge < -0.3 is 16.4 Å². The lowest BCUT2D eigenvalue weighted by Crippen LogP contribution is -2.44. The maximum Gasteiger partial charge on any atom is 0.264 e. The molecule has 1 atom stereocenters. The number of amides is 2. The molecule has 2 aromatic heterocycles. The molecule has 1 unspecified atom stereocenters. The molecule has 2 heterocycles. The number of nitrogens with zero attached hydrogens (tertiary/aromatic N) is 1. The van der Waals surface area contributed by atoms with Crippen LogP contribution in [0.15, 0.2) is 12.1 Å². The van der Waals surface area contributed by atoms with Gasteiger partial charge in [0.25, 0.3) is 5.91 Å². The maximum atomic E-state index is 12.3. The summed E-state index contributed by atoms with van der Waals surface area (Å²) in [5.41, 5.74) is 7.28. The number of aromatic nitrogens is 1. The smallest absolute Gasteiger partial charge is 0.264 e. The Morgan fingerprint density at radius 1 is 1.43 bits per heavy atom. The number of pyridine rings is 1. The molecule has 0 saturated carbocycles. The molecular weight excluding hydrogens is 288 g/mol. The average Bonchev–Trinajstić information content (AvgIpc) is 2.75. The van der Waals surface area contributed by atoms with Crippen LogP contribution < -0.4 is 16.4 Å². The Kier molecular flexibility index (Phi) is 4.42. The highest BCUT2D eigenvalue weighted by Gasteiger charge is 2.21. The SMILES string of the molecule is CCNC(=O)C(C)NC(=O)c1sc2nc(C)ccc2c1N. The van der Waals surface area contributed by atoms with Crippen LogP contribution in [0, 0.1) is 6.92 Å². The monoisotopic (exact) mass is 306 g/mol. The lowest BCUT2D eigenvalue weighted by Gasteiger charge is -2.12. The van der Waals surface area contributed by atoms with Gasteiger partial charge >= 0.3 is 0 Å². The number of likely N-dealkylation sites (N-methyl/N-ethyl adjacent to an activating group) is 1. The van der Waals surface area contributed by atoms with Gasteiger partial charge in [-0.25, -0.2) is 4.98 Å². The van der Waals surface area contributed by atoms with Crippen molar-refractivity contribution in [1.82, 2.24) is 15.6 Å². The Balaban J connectivity index is 2.23. The number of anilines is 1. The van der Waals surface area contributed by atoms with Gasteiger partial charge in [0.1, 0.15) is 15.7 Å². The molecule has 6 nitrogen and oxygen atoms in total. The van der Waals surface area contributed by atoms with Gasteiger partial charge in [-0.05, 0) is 32.9 Å². The van der Waals surface area contributed by atoms with Crippen LogP contribution >= 0.6 is 11.3 Å². The number of thiophene rings is 1. The zero-order valence-electron chi connectivity index (χ0n) is 12.2. The second-order valence-electron chi connectivity index (χ2n) is 4.74. The maximum absolute atomic E-state index is 12.3. The fourth-order valence-electron chi connectivity index (χ4n) is 1.91. The zero-order valence-corrected chi connectivity index (χ0v) is 13.0. The van der Waals surface area contributed by atoms with E-state index in [1.807, 2.05) is 26.0 Å². The summed E-state index contributed by atoms with van der Waals surface area (Å²) in [5.74, 6) is -0.577. The number of nitrogen functional groups attached to an aromatic ring is 1. The minimum atomic E-state index is -0.614. The first-order chi connectivity index (χ1) is 9.93. The van der Waals surface area contributed by atoms with Crippen LogP contribution in [0.1, 0.15) is 29.2 Å². The van der Waals surface area contributed by atoms with Crippen LogP contribution in [0.5, 0.6) is 0 Å². The largest absolute Gasteiger partial charge is 0.397 e. The first-order valence-corrected chi connectivity index (χ1v) is 7.49. The summed E-state index contributed by atoms with van der Waals surface area (Å²) in [6.45, 7) is 5.86. The van der Waals surface area contributed by atoms with E-state index in [4.69, 9.17) is 5.73 Å². The van der Waals surface area contributed by atoms with Crippen LogP contribution in [-0.4, -0.2) is 29.4 Å². The van der Waals surface area contributed by atoms with Crippen LogP contribution in [0.3, 0.4) is 0 Å². The molecule has 112 valence electrons. The predicted molar refractivity (Wildman–Crippen MR) is 84.4 cm³/mol. The zero-order chi connectivity index (χ0) is 15.6. The number of nitrogens with two attached hydrogens (primary N) is 1. The second-order valence-corrected chi connectivity index (χ2v) is 5.74. The van der Waals surface area contributed by atoms with E-state index in [0.717, 1.165) is 15.9 Å². The minimum Gasteiger partial charge on any atom is -0.397 e. The second kappa shape index (κ2) is 6.09. The summed E-state index contributed by atoms with van der Waals surface area (Å²) < 4.78 is 0. The lowest BCUT2D eigenvalue weighted by atomic mass is 10.2. The van der Waals surface area contributed by atoms with Crippen molar-refractivity contribution in [3.63, 3.8) is 0 Å². The third-order valence-electron chi connectivity index (χ3n) is 3.03. The Hall–Kier alpha value is -2.15. The summed E-state index contributed by atoms with van der Waals surface area (Å²) >= 11 is 1.23. The van der Waals surface area contributed by atoms with Crippen molar-refractivity contribution in [2.45, 2.75) is 26.8 Å². The van der Waals surface area contributed by atoms with Crippen molar-refractivity contribution in [2.24, 2.45) is 0 Å². The molecular formula is C14H18N4O2S. The molecule has 2 amide bonds. The molecule has 0 saturated heterocycles. The number of carbonyl (C=O) groups excluding carboxylic acids is 2. The molecule has 0 radical (unpaired) electrons. The molecule has 0 aliphatic rings. The normalized spacial score (nSPS) is 12.1. The molecule has 21 heavy (non-hydrogen) atoms.